The molecule has 3 amide bonds. The van der Waals surface area contributed by atoms with Gasteiger partial charge in [0.1, 0.15) is 17.6 Å². The van der Waals surface area contributed by atoms with Gasteiger partial charge in [0.05, 0.1) is 51.8 Å². The van der Waals surface area contributed by atoms with Gasteiger partial charge in [-0.1, -0.05) is 77.1 Å². The number of aryl methyl sites for hydroxylation is 1. The van der Waals surface area contributed by atoms with Gasteiger partial charge in [-0.15, -0.1) is 11.3 Å². The summed E-state index contributed by atoms with van der Waals surface area (Å²) in [5.74, 6) is -5.14. The lowest BCUT2D eigenvalue weighted by atomic mass is 9.76. The van der Waals surface area contributed by atoms with Crippen LogP contribution in [0.15, 0.2) is 60.1 Å². The van der Waals surface area contributed by atoms with E-state index in [0.717, 1.165) is 98.3 Å². The van der Waals surface area contributed by atoms with Crippen molar-refractivity contribution in [2.75, 3.05) is 31.6 Å². The lowest BCUT2D eigenvalue weighted by Crippen LogP contribution is -2.50. The summed E-state index contributed by atoms with van der Waals surface area (Å²) in [6.07, 6.45) is 8.24. The largest absolute Gasteiger partial charge is 0.391 e. The van der Waals surface area contributed by atoms with Gasteiger partial charge in [0.25, 0.3) is 5.91 Å². The second-order valence-electron chi connectivity index (χ2n) is 18.7. The highest BCUT2D eigenvalue weighted by Gasteiger charge is 2.44. The number of β-amino-alcohol motifs (C(OH)–C–C–N with tert-alkyl or cyclic N) is 1. The number of benzene rings is 3. The number of amides is 3. The van der Waals surface area contributed by atoms with Crippen molar-refractivity contribution in [1.82, 2.24) is 26.0 Å². The zero-order valence-electron chi connectivity index (χ0n) is 39.7. The number of hydrogen-bond acceptors (Lipinski definition) is 10. The second-order valence-corrected chi connectivity index (χ2v) is 20.8. The number of aliphatic hydroxyl groups is 1. The van der Waals surface area contributed by atoms with Crippen molar-refractivity contribution in [2.45, 2.75) is 130 Å². The first-order chi connectivity index (χ1) is 32.4. The van der Waals surface area contributed by atoms with Gasteiger partial charge in [-0.05, 0) is 122 Å². The molecule has 4 atom stereocenters. The maximum absolute atomic E-state index is 14.7. The highest BCUT2D eigenvalue weighted by Crippen LogP contribution is 2.35. The highest BCUT2D eigenvalue weighted by atomic mass is 127. The minimum atomic E-state index is -1.31. The minimum Gasteiger partial charge on any atom is -0.391 e. The molecule has 1 saturated heterocycles. The number of likely N-dealkylation sites (tertiary alicyclic amines) is 1. The Labute approximate surface area is 416 Å². The summed E-state index contributed by atoms with van der Waals surface area (Å²) in [6.45, 7) is 11.6. The zero-order valence-corrected chi connectivity index (χ0v) is 42.7. The molecule has 4 aromatic rings. The molecule has 1 aromatic heterocycles. The number of thiazole rings is 1. The van der Waals surface area contributed by atoms with E-state index in [9.17, 15) is 37.5 Å². The summed E-state index contributed by atoms with van der Waals surface area (Å²) >= 11 is 3.51. The molecule has 12 nitrogen and oxygen atoms in total. The number of unbranched alkanes of at least 4 members (excludes halogenated alkanes) is 7. The first-order valence-corrected chi connectivity index (χ1v) is 25.5. The lowest BCUT2D eigenvalue weighted by Gasteiger charge is -2.35. The Morgan fingerprint density at radius 2 is 1.59 bits per heavy atom. The number of carbonyl (C=O) groups is 4. The third-order valence-electron chi connectivity index (χ3n) is 12.3. The Hall–Kier alpha value is -4.43. The molecule has 1 fully saturated rings. The Balaban J connectivity index is 0.911. The molecule has 68 heavy (non-hydrogen) atoms. The van der Waals surface area contributed by atoms with E-state index in [1.54, 1.807) is 17.4 Å². The Morgan fingerprint density at radius 3 is 2.25 bits per heavy atom. The highest BCUT2D eigenvalue weighted by molar-refractivity contribution is 14.1. The quantitative estimate of drug-likeness (QED) is 0.0234. The molecule has 0 saturated carbocycles. The lowest BCUT2D eigenvalue weighted by molar-refractivity contribution is -0.146. The van der Waals surface area contributed by atoms with Crippen LogP contribution in [0.4, 0.5) is 24.5 Å². The van der Waals surface area contributed by atoms with Gasteiger partial charge < -0.3 is 26.0 Å². The molecule has 1 aliphatic heterocycles. The van der Waals surface area contributed by atoms with Crippen molar-refractivity contribution >= 4 is 68.8 Å². The van der Waals surface area contributed by atoms with E-state index in [4.69, 9.17) is 4.84 Å². The number of Topliss-reactive ketones (excluding diaryl/α,β-unsaturated/α-hetero) is 1. The summed E-state index contributed by atoms with van der Waals surface area (Å²) in [7, 11) is 0. The number of aromatic nitrogens is 1. The van der Waals surface area contributed by atoms with Crippen LogP contribution in [0.1, 0.15) is 132 Å². The number of hydroxylamine groups is 1. The van der Waals surface area contributed by atoms with E-state index in [2.05, 4.69) is 26.4 Å². The summed E-state index contributed by atoms with van der Waals surface area (Å²) in [6, 6.07) is 13.0. The van der Waals surface area contributed by atoms with Crippen molar-refractivity contribution < 1.29 is 42.3 Å². The molecular weight excluding hydrogens is 1010 g/mol. The van der Waals surface area contributed by atoms with Crippen LogP contribution >= 0.6 is 33.9 Å². The first kappa shape index (κ1) is 54.5. The topological polar surface area (TPSA) is 162 Å². The molecular formula is C51H66F3IN6O6S. The number of anilines is 2. The van der Waals surface area contributed by atoms with Crippen LogP contribution in [0.2, 0.25) is 0 Å². The number of nitrogens with zero attached hydrogens (tertiary/aromatic N) is 2. The van der Waals surface area contributed by atoms with E-state index in [1.807, 2.05) is 87.0 Å². The average molecular weight is 1080 g/mol. The van der Waals surface area contributed by atoms with Crippen molar-refractivity contribution in [3.63, 3.8) is 0 Å². The molecule has 17 heteroatoms. The Morgan fingerprint density at radius 1 is 0.912 bits per heavy atom. The average Bonchev–Trinajstić information content (AvgIpc) is 3.92. The van der Waals surface area contributed by atoms with E-state index in [1.165, 1.54) is 17.0 Å². The van der Waals surface area contributed by atoms with Crippen molar-refractivity contribution in [3.8, 4) is 10.4 Å². The van der Waals surface area contributed by atoms with E-state index in [0.29, 0.717) is 16.4 Å². The number of rotatable bonds is 26. The second kappa shape index (κ2) is 26.5. The van der Waals surface area contributed by atoms with Crippen LogP contribution in [0.25, 0.3) is 10.4 Å². The van der Waals surface area contributed by atoms with E-state index >= 15 is 0 Å². The molecule has 0 radical (unpaired) electrons. The van der Waals surface area contributed by atoms with Crippen LogP contribution < -0.4 is 21.4 Å². The number of ketones is 1. The van der Waals surface area contributed by atoms with Crippen LogP contribution in [0.3, 0.4) is 0 Å². The summed E-state index contributed by atoms with van der Waals surface area (Å²) in [5.41, 5.74) is 5.66. The molecule has 0 bridgehead atoms. The van der Waals surface area contributed by atoms with Crippen molar-refractivity contribution in [3.05, 3.63) is 98.0 Å². The number of hydrogen-bond donors (Lipinski definition) is 5. The molecule has 5 N–H and O–H groups in total. The van der Waals surface area contributed by atoms with Crippen LogP contribution in [0, 0.1) is 39.3 Å². The third kappa shape index (κ3) is 16.1. The fourth-order valence-corrected chi connectivity index (χ4v) is 9.52. The van der Waals surface area contributed by atoms with Gasteiger partial charge >= 0.3 is 0 Å². The maximum atomic E-state index is 14.7. The molecule has 0 unspecified atom stereocenters. The maximum Gasteiger partial charge on any atom is 0.277 e. The van der Waals surface area contributed by atoms with Crippen LogP contribution in [-0.2, 0) is 19.2 Å². The van der Waals surface area contributed by atoms with E-state index < -0.39 is 52.5 Å². The molecule has 0 spiro atoms. The molecule has 1 aliphatic rings. The minimum absolute atomic E-state index is 0.0352. The zero-order chi connectivity index (χ0) is 49.4. The normalized spacial score (nSPS) is 15.8. The number of carbonyl (C=O) groups excluding carboxylic acids is 4. The Bertz CT molecular complexity index is 2310. The summed E-state index contributed by atoms with van der Waals surface area (Å²) < 4.78 is 43.7. The van der Waals surface area contributed by atoms with Crippen LogP contribution in [-0.4, -0.2) is 76.9 Å². The number of halogens is 4. The van der Waals surface area contributed by atoms with Gasteiger partial charge in [0, 0.05) is 35.3 Å². The smallest absolute Gasteiger partial charge is 0.277 e. The van der Waals surface area contributed by atoms with Crippen LogP contribution in [0.5, 0.6) is 0 Å². The predicted octanol–water partition coefficient (Wildman–Crippen LogP) is 10.5. The molecule has 3 aromatic carbocycles. The van der Waals surface area contributed by atoms with Gasteiger partial charge in [-0.2, -0.15) is 0 Å². The Kier molecular flexibility index (Phi) is 21.3. The van der Waals surface area contributed by atoms with Gasteiger partial charge in [0.15, 0.2) is 11.6 Å². The summed E-state index contributed by atoms with van der Waals surface area (Å²) in [5, 5.41) is 19.6. The predicted molar refractivity (Wildman–Crippen MR) is 269 cm³/mol. The van der Waals surface area contributed by atoms with Gasteiger partial charge in [-0.3, -0.25) is 24.0 Å². The number of nitrogens with one attached hydrogen (secondary N) is 4. The summed E-state index contributed by atoms with van der Waals surface area (Å²) in [4.78, 5) is 65.9. The van der Waals surface area contributed by atoms with Crippen molar-refractivity contribution in [2.24, 2.45) is 11.3 Å². The third-order valence-corrected chi connectivity index (χ3v) is 13.9. The SMILES string of the molecule is Cc1ncsc1-c1ccc([C@H](C)NC(=O)[C@@H]2C[C@@H](O)CN2C(=O)[C@@H](CC(=O)CCCCCCCCCNCCCCONC(=O)c2ccc(F)c(F)c2Nc2ccc(I)cc2F)C(C)(C)C)cc1. The molecule has 2 heterocycles. The standard InChI is InChI=1S/C51H66F3IN6O6S/c1-32(34-16-18-35(19-17-34)47-33(2)57-31-68-47)58-49(65)44-29-38(63)30-61(44)50(66)40(51(3,4)5)28-37(62)15-11-9-7-6-8-10-12-24-56-25-13-14-26-67-60-48(64)39-21-22-41(52)45(54)46(39)59-43-23-20-36(55)27-42(43)53/h16-23,27,31-32,38,40,44,56,59,63H,6-15,24-26,28-30H2,1-5H3,(H,58,65)(H,60,64)/t32-,38+,40+,44-/m0/s1. The fraction of sp³-hybridized carbons (Fsp3) is 0.510. The fourth-order valence-electron chi connectivity index (χ4n) is 8.26. The molecule has 5 rings (SSSR count). The molecule has 0 aliphatic carbocycles. The van der Waals surface area contributed by atoms with E-state index in [-0.39, 0.29) is 60.9 Å². The van der Waals surface area contributed by atoms with Gasteiger partial charge in [-0.25, -0.2) is 23.6 Å². The number of aliphatic hydroxyl groups excluding tert-OH is 1. The first-order valence-electron chi connectivity index (χ1n) is 23.6. The van der Waals surface area contributed by atoms with Crippen molar-refractivity contribution in [1.29, 1.82) is 0 Å². The molecule has 370 valence electrons. The van der Waals surface area contributed by atoms with Gasteiger partial charge in [0.2, 0.25) is 11.8 Å². The monoisotopic (exact) mass is 1070 g/mol.